The first-order valence-corrected chi connectivity index (χ1v) is 11.1. The topological polar surface area (TPSA) is 105 Å². The fraction of sp³-hybridized carbons (Fsp3) is 0.333. The van der Waals surface area contributed by atoms with E-state index in [1.165, 1.54) is 0 Å². The third-order valence-corrected chi connectivity index (χ3v) is 5.78. The fourth-order valence-corrected chi connectivity index (χ4v) is 3.93. The van der Waals surface area contributed by atoms with Crippen molar-refractivity contribution in [3.05, 3.63) is 60.2 Å². The standard InChI is InChI=1S/C21H27N3O5S/c1-24(2)19(16-9-11-18(29-3)12-10-16)13-22-20(25)14-30(27,28)15-21(26)23-17-7-5-4-6-8-17/h4-12,19H,13-15H2,1-3H3,(H,22,25)(H,23,26). The molecule has 0 aliphatic carbocycles. The van der Waals surface area contributed by atoms with Crippen LogP contribution in [0.1, 0.15) is 11.6 Å². The number of nitrogens with zero attached hydrogens (tertiary/aromatic N) is 1. The molecule has 2 amide bonds. The summed E-state index contributed by atoms with van der Waals surface area (Å²) in [6.07, 6.45) is 0. The maximum atomic E-state index is 12.2. The third-order valence-electron chi connectivity index (χ3n) is 4.38. The number of ether oxygens (including phenoxy) is 1. The molecule has 0 aliphatic rings. The minimum absolute atomic E-state index is 0.149. The minimum atomic E-state index is -3.90. The van der Waals surface area contributed by atoms with Gasteiger partial charge in [0, 0.05) is 12.2 Å². The van der Waals surface area contributed by atoms with Crippen LogP contribution in [0.4, 0.5) is 5.69 Å². The molecule has 0 bridgehead atoms. The lowest BCUT2D eigenvalue weighted by atomic mass is 10.1. The van der Waals surface area contributed by atoms with Crippen LogP contribution in [0.3, 0.4) is 0 Å². The van der Waals surface area contributed by atoms with Crippen molar-refractivity contribution in [2.24, 2.45) is 0 Å². The van der Waals surface area contributed by atoms with E-state index in [9.17, 15) is 18.0 Å². The number of carbonyl (C=O) groups is 2. The van der Waals surface area contributed by atoms with Gasteiger partial charge in [-0.1, -0.05) is 30.3 Å². The van der Waals surface area contributed by atoms with E-state index in [0.29, 0.717) is 5.69 Å². The molecule has 2 aromatic carbocycles. The Labute approximate surface area is 177 Å². The van der Waals surface area contributed by atoms with Gasteiger partial charge in [0.1, 0.15) is 17.3 Å². The summed E-state index contributed by atoms with van der Waals surface area (Å²) in [7, 11) is 1.42. The molecular formula is C21H27N3O5S. The number of methoxy groups -OCH3 is 1. The second-order valence-corrected chi connectivity index (χ2v) is 9.07. The molecule has 0 radical (unpaired) electrons. The Bertz CT molecular complexity index is 944. The second kappa shape index (κ2) is 10.7. The highest BCUT2D eigenvalue weighted by Crippen LogP contribution is 2.20. The van der Waals surface area contributed by atoms with Gasteiger partial charge in [-0.15, -0.1) is 0 Å². The zero-order chi connectivity index (χ0) is 22.1. The van der Waals surface area contributed by atoms with Crippen LogP contribution >= 0.6 is 0 Å². The minimum Gasteiger partial charge on any atom is -0.497 e. The summed E-state index contributed by atoms with van der Waals surface area (Å²) in [4.78, 5) is 26.1. The largest absolute Gasteiger partial charge is 0.497 e. The Kier molecular flexibility index (Phi) is 8.37. The number of para-hydroxylation sites is 1. The van der Waals surface area contributed by atoms with E-state index in [-0.39, 0.29) is 12.6 Å². The highest BCUT2D eigenvalue weighted by molar-refractivity contribution is 7.92. The summed E-state index contributed by atoms with van der Waals surface area (Å²) in [5, 5.41) is 5.15. The van der Waals surface area contributed by atoms with Crippen molar-refractivity contribution in [3.63, 3.8) is 0 Å². The van der Waals surface area contributed by atoms with Gasteiger partial charge in [-0.2, -0.15) is 0 Å². The second-order valence-electron chi connectivity index (χ2n) is 7.00. The number of likely N-dealkylation sites (N-methyl/N-ethyl adjacent to an activating group) is 1. The lowest BCUT2D eigenvalue weighted by molar-refractivity contribution is -0.118. The Morgan fingerprint density at radius 3 is 2.13 bits per heavy atom. The van der Waals surface area contributed by atoms with Gasteiger partial charge in [-0.25, -0.2) is 8.42 Å². The van der Waals surface area contributed by atoms with Gasteiger partial charge in [-0.05, 0) is 43.9 Å². The summed E-state index contributed by atoms with van der Waals surface area (Å²) in [6.45, 7) is 0.226. The van der Waals surface area contributed by atoms with E-state index in [1.807, 2.05) is 43.3 Å². The maximum Gasteiger partial charge on any atom is 0.239 e. The number of nitrogens with one attached hydrogen (secondary N) is 2. The average molecular weight is 434 g/mol. The van der Waals surface area contributed by atoms with Gasteiger partial charge in [0.25, 0.3) is 0 Å². The molecule has 0 saturated heterocycles. The quantitative estimate of drug-likeness (QED) is 0.588. The smallest absolute Gasteiger partial charge is 0.239 e. The van der Waals surface area contributed by atoms with Gasteiger partial charge >= 0.3 is 0 Å². The van der Waals surface area contributed by atoms with Crippen molar-refractivity contribution in [2.45, 2.75) is 6.04 Å². The third kappa shape index (κ3) is 7.49. The van der Waals surface area contributed by atoms with Gasteiger partial charge < -0.3 is 20.3 Å². The SMILES string of the molecule is COc1ccc(C(CNC(=O)CS(=O)(=O)CC(=O)Nc2ccccc2)N(C)C)cc1. The molecule has 2 N–H and O–H groups in total. The molecule has 1 atom stereocenters. The number of hydrogen-bond acceptors (Lipinski definition) is 6. The Morgan fingerprint density at radius 1 is 0.967 bits per heavy atom. The van der Waals surface area contributed by atoms with Crippen molar-refractivity contribution in [3.8, 4) is 5.75 Å². The molecule has 0 spiro atoms. The first kappa shape index (κ1) is 23.4. The maximum absolute atomic E-state index is 12.2. The lowest BCUT2D eigenvalue weighted by Gasteiger charge is -2.25. The number of amides is 2. The van der Waals surface area contributed by atoms with Crippen LogP contribution in [-0.2, 0) is 19.4 Å². The molecule has 0 aromatic heterocycles. The highest BCUT2D eigenvalue weighted by atomic mass is 32.2. The molecule has 1 unspecified atom stereocenters. The van der Waals surface area contributed by atoms with Crippen LogP contribution in [0.25, 0.3) is 0 Å². The zero-order valence-corrected chi connectivity index (χ0v) is 18.1. The van der Waals surface area contributed by atoms with Crippen molar-refractivity contribution in [1.29, 1.82) is 0 Å². The van der Waals surface area contributed by atoms with Gasteiger partial charge in [0.05, 0.1) is 13.2 Å². The van der Waals surface area contributed by atoms with Crippen molar-refractivity contribution >= 4 is 27.3 Å². The monoisotopic (exact) mass is 433 g/mol. The summed E-state index contributed by atoms with van der Waals surface area (Å²) in [5.41, 5.74) is 1.45. The molecule has 2 rings (SSSR count). The van der Waals surface area contributed by atoms with Crippen molar-refractivity contribution < 1.29 is 22.7 Å². The van der Waals surface area contributed by atoms with Crippen LogP contribution in [0.15, 0.2) is 54.6 Å². The fourth-order valence-electron chi connectivity index (χ4n) is 2.86. The number of benzene rings is 2. The van der Waals surface area contributed by atoms with Gasteiger partial charge in [-0.3, -0.25) is 9.59 Å². The lowest BCUT2D eigenvalue weighted by Crippen LogP contribution is -2.38. The van der Waals surface area contributed by atoms with E-state index in [2.05, 4.69) is 10.6 Å². The van der Waals surface area contributed by atoms with E-state index < -0.39 is 33.2 Å². The average Bonchev–Trinajstić information content (AvgIpc) is 2.68. The first-order chi connectivity index (χ1) is 14.2. The zero-order valence-electron chi connectivity index (χ0n) is 17.3. The molecule has 0 fully saturated rings. The van der Waals surface area contributed by atoms with Crippen LogP contribution in [-0.4, -0.2) is 64.4 Å². The van der Waals surface area contributed by atoms with Crippen LogP contribution in [0, 0.1) is 0 Å². The molecule has 0 heterocycles. The molecule has 0 aliphatic heterocycles. The number of carbonyl (C=O) groups excluding carboxylic acids is 2. The normalized spacial score (nSPS) is 12.3. The van der Waals surface area contributed by atoms with E-state index in [0.717, 1.165) is 11.3 Å². The van der Waals surface area contributed by atoms with Crippen molar-refractivity contribution in [1.82, 2.24) is 10.2 Å². The Balaban J connectivity index is 1.89. The summed E-state index contributed by atoms with van der Waals surface area (Å²) < 4.78 is 29.6. The molecular weight excluding hydrogens is 406 g/mol. The summed E-state index contributed by atoms with van der Waals surface area (Å²) in [6, 6.07) is 15.8. The Morgan fingerprint density at radius 2 is 1.57 bits per heavy atom. The molecule has 2 aromatic rings. The summed E-state index contributed by atoms with van der Waals surface area (Å²) in [5.74, 6) is -2.12. The predicted molar refractivity (Wildman–Crippen MR) is 116 cm³/mol. The molecule has 162 valence electrons. The number of hydrogen-bond donors (Lipinski definition) is 2. The molecule has 0 saturated carbocycles. The van der Waals surface area contributed by atoms with E-state index in [1.54, 1.807) is 37.4 Å². The first-order valence-electron chi connectivity index (χ1n) is 9.32. The van der Waals surface area contributed by atoms with E-state index in [4.69, 9.17) is 4.74 Å². The molecule has 8 nitrogen and oxygen atoms in total. The number of sulfone groups is 1. The predicted octanol–water partition coefficient (Wildman–Crippen LogP) is 1.47. The van der Waals surface area contributed by atoms with Crippen LogP contribution in [0.5, 0.6) is 5.75 Å². The van der Waals surface area contributed by atoms with Crippen molar-refractivity contribution in [2.75, 3.05) is 44.6 Å². The molecule has 30 heavy (non-hydrogen) atoms. The van der Waals surface area contributed by atoms with E-state index >= 15 is 0 Å². The molecule has 9 heteroatoms. The van der Waals surface area contributed by atoms with Gasteiger partial charge in [0.15, 0.2) is 9.84 Å². The number of anilines is 1. The Hall–Kier alpha value is -2.91. The van der Waals surface area contributed by atoms with Crippen LogP contribution < -0.4 is 15.4 Å². The summed E-state index contributed by atoms with van der Waals surface area (Å²) >= 11 is 0. The van der Waals surface area contributed by atoms with Gasteiger partial charge in [0.2, 0.25) is 11.8 Å². The highest BCUT2D eigenvalue weighted by Gasteiger charge is 2.22. The number of rotatable bonds is 10. The van der Waals surface area contributed by atoms with Crippen LogP contribution in [0.2, 0.25) is 0 Å².